The summed E-state index contributed by atoms with van der Waals surface area (Å²) in [5.41, 5.74) is 2.12. The van der Waals surface area contributed by atoms with Crippen LogP contribution < -0.4 is 4.72 Å². The molecule has 3 aromatic rings. The van der Waals surface area contributed by atoms with Gasteiger partial charge in [0.2, 0.25) is 0 Å². The molecule has 0 aliphatic carbocycles. The number of hydrogen-bond donors (Lipinski definition) is 1. The minimum Gasteiger partial charge on any atom is -0.278 e. The van der Waals surface area contributed by atoms with Gasteiger partial charge in [-0.15, -0.1) is 0 Å². The van der Waals surface area contributed by atoms with E-state index < -0.39 is 10.0 Å². The molecule has 0 radical (unpaired) electrons. The number of pyridine rings is 1. The summed E-state index contributed by atoms with van der Waals surface area (Å²) >= 11 is 6.04. The predicted octanol–water partition coefficient (Wildman–Crippen LogP) is 1.77. The first-order chi connectivity index (χ1) is 10.7. The van der Waals surface area contributed by atoms with E-state index in [1.807, 2.05) is 6.92 Å². The molecule has 3 rings (SSSR count). The number of fused-ring (bicyclic) bond motifs is 1. The Morgan fingerprint density at radius 3 is 2.39 bits per heavy atom. The van der Waals surface area contributed by atoms with Crippen molar-refractivity contribution in [2.75, 3.05) is 4.72 Å². The zero-order valence-corrected chi connectivity index (χ0v) is 14.6. The van der Waals surface area contributed by atoms with E-state index in [0.717, 1.165) is 11.1 Å². The van der Waals surface area contributed by atoms with Crippen LogP contribution >= 0.6 is 11.6 Å². The summed E-state index contributed by atoms with van der Waals surface area (Å²) in [4.78, 5) is 4.21. The van der Waals surface area contributed by atoms with Crippen LogP contribution in [-0.2, 0) is 24.1 Å². The zero-order chi connectivity index (χ0) is 16.9. The Morgan fingerprint density at radius 2 is 1.78 bits per heavy atom. The molecule has 0 aliphatic heterocycles. The fraction of sp³-hybridized carbons (Fsp3) is 0.308. The van der Waals surface area contributed by atoms with Gasteiger partial charge in [0.15, 0.2) is 5.65 Å². The van der Waals surface area contributed by atoms with Gasteiger partial charge >= 0.3 is 0 Å². The quantitative estimate of drug-likeness (QED) is 0.773. The van der Waals surface area contributed by atoms with Gasteiger partial charge in [0, 0.05) is 19.5 Å². The first kappa shape index (κ1) is 15.8. The average molecular weight is 355 g/mol. The molecule has 122 valence electrons. The summed E-state index contributed by atoms with van der Waals surface area (Å²) in [6.07, 6.45) is 1.45. The molecular weight excluding hydrogens is 340 g/mol. The van der Waals surface area contributed by atoms with E-state index in [9.17, 15) is 8.42 Å². The summed E-state index contributed by atoms with van der Waals surface area (Å²) in [7, 11) is -0.494. The van der Waals surface area contributed by atoms with E-state index in [4.69, 9.17) is 11.6 Å². The molecule has 10 heteroatoms. The van der Waals surface area contributed by atoms with Crippen LogP contribution in [0.1, 0.15) is 11.4 Å². The molecular formula is C13H15ClN6O2S. The highest BCUT2D eigenvalue weighted by Crippen LogP contribution is 2.27. The lowest BCUT2D eigenvalue weighted by molar-refractivity contribution is 0.600. The van der Waals surface area contributed by atoms with Gasteiger partial charge in [-0.3, -0.25) is 14.1 Å². The summed E-state index contributed by atoms with van der Waals surface area (Å²) in [5, 5.41) is 9.12. The number of nitrogens with one attached hydrogen (secondary N) is 1. The summed E-state index contributed by atoms with van der Waals surface area (Å²) in [6, 6.07) is 1.70. The largest absolute Gasteiger partial charge is 0.278 e. The molecule has 3 aromatic heterocycles. The number of aryl methyl sites for hydroxylation is 4. The third-order valence-electron chi connectivity index (χ3n) is 3.48. The van der Waals surface area contributed by atoms with Gasteiger partial charge in [-0.1, -0.05) is 11.6 Å². The molecule has 0 atom stereocenters. The van der Waals surface area contributed by atoms with Crippen molar-refractivity contribution in [3.63, 3.8) is 0 Å². The number of nitrogens with zero attached hydrogens (tertiary/aromatic N) is 5. The molecule has 0 amide bonds. The SMILES string of the molecule is Cc1nn(C)c(Cl)c1S(=O)(=O)Nc1cnc2c(c1)c(C)nn2C. The molecule has 0 aliphatic rings. The van der Waals surface area contributed by atoms with Crippen LogP contribution in [0.15, 0.2) is 17.2 Å². The molecule has 0 aromatic carbocycles. The number of halogens is 1. The lowest BCUT2D eigenvalue weighted by Crippen LogP contribution is -2.14. The second-order valence-electron chi connectivity index (χ2n) is 5.24. The van der Waals surface area contributed by atoms with Crippen molar-refractivity contribution in [3.05, 3.63) is 28.8 Å². The molecule has 8 nitrogen and oxygen atoms in total. The first-order valence-corrected chi connectivity index (χ1v) is 8.58. The van der Waals surface area contributed by atoms with Crippen LogP contribution in [-0.4, -0.2) is 33.0 Å². The van der Waals surface area contributed by atoms with Crippen molar-refractivity contribution in [3.8, 4) is 0 Å². The molecule has 3 heterocycles. The molecule has 0 fully saturated rings. The molecule has 0 bridgehead atoms. The Balaban J connectivity index is 2.05. The standard InChI is InChI=1S/C13H15ClN6O2S/c1-7-10-5-9(6-15-13(10)20(4)16-7)18-23(21,22)11-8(2)17-19(3)12(11)14/h5-6,18H,1-4H3. The molecule has 0 unspecified atom stereocenters. The number of rotatable bonds is 3. The monoisotopic (exact) mass is 354 g/mol. The van der Waals surface area contributed by atoms with E-state index in [-0.39, 0.29) is 10.0 Å². The van der Waals surface area contributed by atoms with Gasteiger partial charge in [-0.25, -0.2) is 13.4 Å². The molecule has 0 saturated carbocycles. The topological polar surface area (TPSA) is 94.7 Å². The Morgan fingerprint density at radius 1 is 1.13 bits per heavy atom. The summed E-state index contributed by atoms with van der Waals surface area (Å²) < 4.78 is 30.6. The average Bonchev–Trinajstić information content (AvgIpc) is 2.86. The lowest BCUT2D eigenvalue weighted by Gasteiger charge is -2.07. The maximum absolute atomic E-state index is 12.6. The second-order valence-corrected chi connectivity index (χ2v) is 7.22. The van der Waals surface area contributed by atoms with Crippen LogP contribution in [0.2, 0.25) is 5.15 Å². The molecule has 0 spiro atoms. The molecule has 1 N–H and O–H groups in total. The number of hydrogen-bond acceptors (Lipinski definition) is 5. The van der Waals surface area contributed by atoms with E-state index in [1.165, 1.54) is 10.9 Å². The van der Waals surface area contributed by atoms with Crippen molar-refractivity contribution in [2.24, 2.45) is 14.1 Å². The van der Waals surface area contributed by atoms with Crippen LogP contribution in [0.25, 0.3) is 11.0 Å². The van der Waals surface area contributed by atoms with Crippen molar-refractivity contribution in [1.29, 1.82) is 0 Å². The third kappa shape index (κ3) is 2.55. The second kappa shape index (κ2) is 5.20. The van der Waals surface area contributed by atoms with Gasteiger partial charge in [-0.2, -0.15) is 10.2 Å². The van der Waals surface area contributed by atoms with E-state index in [1.54, 1.807) is 31.8 Å². The smallest absolute Gasteiger partial charge is 0.266 e. The number of sulfonamides is 1. The molecule has 23 heavy (non-hydrogen) atoms. The van der Waals surface area contributed by atoms with E-state index in [0.29, 0.717) is 17.0 Å². The Labute approximate surface area is 138 Å². The highest BCUT2D eigenvalue weighted by Gasteiger charge is 2.25. The van der Waals surface area contributed by atoms with Crippen LogP contribution in [0, 0.1) is 13.8 Å². The summed E-state index contributed by atoms with van der Waals surface area (Å²) in [6.45, 7) is 3.43. The van der Waals surface area contributed by atoms with Crippen molar-refractivity contribution in [2.45, 2.75) is 18.7 Å². The minimum atomic E-state index is -3.86. The Hall–Kier alpha value is -2.13. The van der Waals surface area contributed by atoms with Gasteiger partial charge in [0.1, 0.15) is 10.0 Å². The predicted molar refractivity (Wildman–Crippen MR) is 87.0 cm³/mol. The fourth-order valence-corrected chi connectivity index (χ4v) is 4.27. The normalized spacial score (nSPS) is 12.0. The third-order valence-corrected chi connectivity index (χ3v) is 5.56. The van der Waals surface area contributed by atoms with Crippen LogP contribution in [0.3, 0.4) is 0 Å². The van der Waals surface area contributed by atoms with E-state index >= 15 is 0 Å². The van der Waals surface area contributed by atoms with Crippen LogP contribution in [0.5, 0.6) is 0 Å². The lowest BCUT2D eigenvalue weighted by atomic mass is 10.3. The zero-order valence-electron chi connectivity index (χ0n) is 13.0. The highest BCUT2D eigenvalue weighted by atomic mass is 35.5. The Bertz CT molecular complexity index is 1020. The van der Waals surface area contributed by atoms with E-state index in [2.05, 4.69) is 19.9 Å². The number of aromatic nitrogens is 5. The first-order valence-electron chi connectivity index (χ1n) is 6.72. The van der Waals surface area contributed by atoms with Crippen molar-refractivity contribution < 1.29 is 8.42 Å². The highest BCUT2D eigenvalue weighted by molar-refractivity contribution is 7.92. The summed E-state index contributed by atoms with van der Waals surface area (Å²) in [5.74, 6) is 0. The van der Waals surface area contributed by atoms with Gasteiger partial charge < -0.3 is 0 Å². The van der Waals surface area contributed by atoms with Crippen molar-refractivity contribution >= 4 is 38.3 Å². The van der Waals surface area contributed by atoms with Crippen molar-refractivity contribution in [1.82, 2.24) is 24.5 Å². The minimum absolute atomic E-state index is 0.0373. The fourth-order valence-electron chi connectivity index (χ4n) is 2.49. The van der Waals surface area contributed by atoms with Gasteiger partial charge in [-0.05, 0) is 19.9 Å². The Kier molecular flexibility index (Phi) is 3.56. The van der Waals surface area contributed by atoms with Gasteiger partial charge in [0.25, 0.3) is 10.0 Å². The van der Waals surface area contributed by atoms with Gasteiger partial charge in [0.05, 0.1) is 23.3 Å². The maximum atomic E-state index is 12.6. The maximum Gasteiger partial charge on any atom is 0.266 e. The molecule has 0 saturated heterocycles. The number of anilines is 1. The van der Waals surface area contributed by atoms with Crippen LogP contribution in [0.4, 0.5) is 5.69 Å².